The van der Waals surface area contributed by atoms with E-state index in [0.717, 1.165) is 33.4 Å². The molecule has 8 nitrogen and oxygen atoms in total. The van der Waals surface area contributed by atoms with Gasteiger partial charge in [0.05, 0.1) is 22.2 Å². The van der Waals surface area contributed by atoms with Crippen molar-refractivity contribution in [1.29, 1.82) is 0 Å². The highest BCUT2D eigenvalue weighted by Gasteiger charge is 2.12. The van der Waals surface area contributed by atoms with E-state index < -0.39 is 0 Å². The second-order valence-electron chi connectivity index (χ2n) is 6.67. The lowest BCUT2D eigenvalue weighted by atomic mass is 10.1. The van der Waals surface area contributed by atoms with E-state index in [1.165, 1.54) is 0 Å². The first-order chi connectivity index (χ1) is 14.2. The molecule has 29 heavy (non-hydrogen) atoms. The molecule has 0 bridgehead atoms. The predicted octanol–water partition coefficient (Wildman–Crippen LogP) is 2.78. The normalized spacial score (nSPS) is 11.2. The Labute approximate surface area is 165 Å². The number of rotatable bonds is 4. The molecule has 0 aliphatic rings. The van der Waals surface area contributed by atoms with Crippen LogP contribution in [0.2, 0.25) is 0 Å². The fraction of sp³-hybridized carbons (Fsp3) is 0.0476. The zero-order valence-electron chi connectivity index (χ0n) is 15.3. The van der Waals surface area contributed by atoms with Gasteiger partial charge in [-0.15, -0.1) is 0 Å². The summed E-state index contributed by atoms with van der Waals surface area (Å²) < 4.78 is 2.00. The second kappa shape index (κ2) is 6.75. The summed E-state index contributed by atoms with van der Waals surface area (Å²) in [7, 11) is 0. The summed E-state index contributed by atoms with van der Waals surface area (Å²) in [5.41, 5.74) is 11.9. The zero-order chi connectivity index (χ0) is 19.8. The molecule has 0 aliphatic heterocycles. The minimum absolute atomic E-state index is 0.221. The third-order valence-electron chi connectivity index (χ3n) is 4.78. The number of benzene rings is 1. The van der Waals surface area contributed by atoms with Gasteiger partial charge in [-0.2, -0.15) is 5.10 Å². The molecular weight excluding hydrogens is 366 g/mol. The van der Waals surface area contributed by atoms with Crippen molar-refractivity contribution in [2.45, 2.75) is 6.54 Å². The number of carbonyl (C=O) groups excluding carboxylic acids is 1. The molecule has 1 amide bonds. The highest BCUT2D eigenvalue weighted by Crippen LogP contribution is 2.26. The first kappa shape index (κ1) is 16.9. The number of hydrogen-bond donors (Lipinski definition) is 3. The van der Waals surface area contributed by atoms with Crippen LogP contribution in [-0.2, 0) is 6.54 Å². The van der Waals surface area contributed by atoms with E-state index in [2.05, 4.69) is 25.5 Å². The highest BCUT2D eigenvalue weighted by atomic mass is 16.1. The van der Waals surface area contributed by atoms with Crippen molar-refractivity contribution < 1.29 is 4.79 Å². The van der Waals surface area contributed by atoms with Gasteiger partial charge in [0.1, 0.15) is 11.5 Å². The molecule has 0 aliphatic carbocycles. The predicted molar refractivity (Wildman–Crippen MR) is 110 cm³/mol. The Hall–Kier alpha value is -4.20. The molecule has 0 fully saturated rings. The lowest BCUT2D eigenvalue weighted by Gasteiger charge is -2.06. The van der Waals surface area contributed by atoms with E-state index in [1.54, 1.807) is 30.6 Å². The summed E-state index contributed by atoms with van der Waals surface area (Å²) in [5.74, 6) is 0.211. The summed E-state index contributed by atoms with van der Waals surface area (Å²) >= 11 is 0. The molecule has 5 rings (SSSR count). The Morgan fingerprint density at radius 1 is 1.10 bits per heavy atom. The van der Waals surface area contributed by atoms with E-state index >= 15 is 0 Å². The first-order valence-electron chi connectivity index (χ1n) is 9.08. The summed E-state index contributed by atoms with van der Waals surface area (Å²) in [6.07, 6.45) is 5.27. The van der Waals surface area contributed by atoms with Crippen LogP contribution in [0.3, 0.4) is 0 Å². The van der Waals surface area contributed by atoms with Gasteiger partial charge in [0.25, 0.3) is 5.91 Å². The third-order valence-corrected chi connectivity index (χ3v) is 4.78. The Morgan fingerprint density at radius 3 is 2.83 bits per heavy atom. The lowest BCUT2D eigenvalue weighted by molar-refractivity contribution is 0.0946. The number of nitrogen functional groups attached to an aromatic ring is 1. The van der Waals surface area contributed by atoms with Crippen molar-refractivity contribution in [1.82, 2.24) is 29.9 Å². The maximum Gasteiger partial charge on any atom is 0.270 e. The topological polar surface area (TPSA) is 114 Å². The number of aromatic amines is 1. The number of carbonyl (C=O) groups is 1. The Bertz CT molecular complexity index is 1320. The number of H-pyrrole nitrogens is 1. The van der Waals surface area contributed by atoms with Crippen LogP contribution >= 0.6 is 0 Å². The van der Waals surface area contributed by atoms with Gasteiger partial charge in [-0.25, -0.2) is 4.98 Å². The minimum atomic E-state index is -0.221. The molecule has 8 heteroatoms. The molecule has 0 atom stereocenters. The molecule has 4 heterocycles. The molecule has 142 valence electrons. The largest absolute Gasteiger partial charge is 0.382 e. The van der Waals surface area contributed by atoms with Crippen LogP contribution in [0, 0.1) is 0 Å². The van der Waals surface area contributed by atoms with Gasteiger partial charge in [0.15, 0.2) is 0 Å². The maximum atomic E-state index is 12.2. The smallest absolute Gasteiger partial charge is 0.270 e. The second-order valence-corrected chi connectivity index (χ2v) is 6.67. The third kappa shape index (κ3) is 3.06. The Morgan fingerprint density at radius 2 is 2.03 bits per heavy atom. The number of hydrogen-bond acceptors (Lipinski definition) is 5. The number of anilines is 1. The molecule has 0 saturated carbocycles. The van der Waals surface area contributed by atoms with E-state index in [4.69, 9.17) is 5.73 Å². The van der Waals surface area contributed by atoms with Crippen molar-refractivity contribution in [3.63, 3.8) is 0 Å². The molecule has 4 aromatic heterocycles. The van der Waals surface area contributed by atoms with Gasteiger partial charge < -0.3 is 15.5 Å². The zero-order valence-corrected chi connectivity index (χ0v) is 15.3. The first-order valence-corrected chi connectivity index (χ1v) is 9.08. The van der Waals surface area contributed by atoms with Crippen molar-refractivity contribution in [3.05, 3.63) is 78.4 Å². The van der Waals surface area contributed by atoms with Gasteiger partial charge in [-0.1, -0.05) is 12.1 Å². The van der Waals surface area contributed by atoms with Crippen molar-refractivity contribution in [2.24, 2.45) is 0 Å². The number of nitrogens with two attached hydrogens (primary N) is 1. The fourth-order valence-electron chi connectivity index (χ4n) is 3.37. The van der Waals surface area contributed by atoms with Crippen LogP contribution < -0.4 is 11.1 Å². The maximum absolute atomic E-state index is 12.2. The molecular formula is C21H17N7O. The summed E-state index contributed by atoms with van der Waals surface area (Å²) in [6, 6.07) is 15.1. The molecule has 1 aromatic carbocycles. The summed E-state index contributed by atoms with van der Waals surface area (Å²) in [5, 5.41) is 9.83. The van der Waals surface area contributed by atoms with Crippen LogP contribution in [0.4, 0.5) is 5.82 Å². The number of pyridine rings is 1. The molecule has 0 unspecified atom stereocenters. The van der Waals surface area contributed by atoms with E-state index in [0.29, 0.717) is 18.1 Å². The molecule has 5 aromatic rings. The van der Waals surface area contributed by atoms with E-state index in [1.807, 2.05) is 40.9 Å². The van der Waals surface area contributed by atoms with Crippen molar-refractivity contribution in [2.75, 3.05) is 5.73 Å². The van der Waals surface area contributed by atoms with Crippen LogP contribution in [0.25, 0.3) is 27.8 Å². The van der Waals surface area contributed by atoms with Crippen LogP contribution in [0.1, 0.15) is 16.1 Å². The van der Waals surface area contributed by atoms with Gasteiger partial charge in [-0.3, -0.25) is 14.9 Å². The van der Waals surface area contributed by atoms with Crippen molar-refractivity contribution in [3.8, 4) is 11.3 Å². The number of nitrogens with zero attached hydrogens (tertiary/aromatic N) is 4. The van der Waals surface area contributed by atoms with Crippen LogP contribution in [-0.4, -0.2) is 30.5 Å². The van der Waals surface area contributed by atoms with Gasteiger partial charge in [0, 0.05) is 30.7 Å². The van der Waals surface area contributed by atoms with Crippen molar-refractivity contribution >= 4 is 28.3 Å². The standard InChI is InChI=1S/C21H17N7O/c22-20-19-9-13(11-24-21(29)16-3-1-2-7-23-16)12-28(19)18-5-4-14(10-17(18)26-20)15-6-8-25-27-15/h1-10,12H,11H2,(H2,22,26)(H,24,29)(H,25,27). The molecule has 0 spiro atoms. The quantitative estimate of drug-likeness (QED) is 0.442. The van der Waals surface area contributed by atoms with Crippen LogP contribution in [0.15, 0.2) is 67.1 Å². The SMILES string of the molecule is Nc1nc2cc(-c3ccn[nH]3)ccc2n2cc(CNC(=O)c3ccccn3)cc12. The number of nitrogens with one attached hydrogen (secondary N) is 2. The number of amides is 1. The molecule has 4 N–H and O–H groups in total. The minimum Gasteiger partial charge on any atom is -0.382 e. The Balaban J connectivity index is 1.48. The van der Waals surface area contributed by atoms with Gasteiger partial charge in [-0.05, 0) is 42.0 Å². The number of aromatic nitrogens is 5. The van der Waals surface area contributed by atoms with Gasteiger partial charge in [0.2, 0.25) is 0 Å². The van der Waals surface area contributed by atoms with Gasteiger partial charge >= 0.3 is 0 Å². The lowest BCUT2D eigenvalue weighted by Crippen LogP contribution is -2.23. The molecule has 0 radical (unpaired) electrons. The average molecular weight is 383 g/mol. The monoisotopic (exact) mass is 383 g/mol. The summed E-state index contributed by atoms with van der Waals surface area (Å²) in [6.45, 7) is 0.365. The average Bonchev–Trinajstić information content (AvgIpc) is 3.43. The van der Waals surface area contributed by atoms with E-state index in [-0.39, 0.29) is 5.91 Å². The number of fused-ring (bicyclic) bond motifs is 3. The summed E-state index contributed by atoms with van der Waals surface area (Å²) in [4.78, 5) is 20.9. The molecule has 0 saturated heterocycles. The fourth-order valence-corrected chi connectivity index (χ4v) is 3.37. The Kier molecular flexibility index (Phi) is 3.94. The van der Waals surface area contributed by atoms with Crippen LogP contribution in [0.5, 0.6) is 0 Å². The van der Waals surface area contributed by atoms with E-state index in [9.17, 15) is 4.79 Å². The highest BCUT2D eigenvalue weighted by molar-refractivity contribution is 5.92.